The summed E-state index contributed by atoms with van der Waals surface area (Å²) in [6, 6.07) is 8.64. The Morgan fingerprint density at radius 1 is 1.25 bits per heavy atom. The maximum Gasteiger partial charge on any atom is 0.244 e. The van der Waals surface area contributed by atoms with Gasteiger partial charge in [-0.3, -0.25) is 4.79 Å². The lowest BCUT2D eigenvalue weighted by Crippen LogP contribution is -2.53. The number of rotatable bonds is 1. The Hall–Kier alpha value is -1.35. The van der Waals surface area contributed by atoms with Crippen molar-refractivity contribution in [1.82, 2.24) is 5.32 Å². The highest BCUT2D eigenvalue weighted by Gasteiger charge is 2.34. The summed E-state index contributed by atoms with van der Waals surface area (Å²) in [7, 11) is 0. The summed E-state index contributed by atoms with van der Waals surface area (Å²) in [6.07, 6.45) is 4.28. The van der Waals surface area contributed by atoms with Gasteiger partial charge in [0, 0.05) is 11.7 Å². The standard InChI is InChI=1S/C17H24N2O/c1-12-9-10-18-15(11-12)17(20)19-13(2)7-8-14-5-3-4-6-16(14)19/h3-6,12-13,15,18H,7-11H2,1-2H3. The van der Waals surface area contributed by atoms with Crippen LogP contribution in [0.5, 0.6) is 0 Å². The third-order valence-corrected chi connectivity index (χ3v) is 4.72. The molecule has 3 nitrogen and oxygen atoms in total. The van der Waals surface area contributed by atoms with Crippen LogP contribution in [0.15, 0.2) is 24.3 Å². The second-order valence-corrected chi connectivity index (χ2v) is 6.36. The Bertz CT molecular complexity index is 500. The molecule has 20 heavy (non-hydrogen) atoms. The number of anilines is 1. The Kier molecular flexibility index (Phi) is 3.79. The summed E-state index contributed by atoms with van der Waals surface area (Å²) < 4.78 is 0. The molecule has 1 aromatic carbocycles. The fourth-order valence-corrected chi connectivity index (χ4v) is 3.49. The fourth-order valence-electron chi connectivity index (χ4n) is 3.49. The maximum absolute atomic E-state index is 12.9. The Balaban J connectivity index is 1.86. The van der Waals surface area contributed by atoms with Crippen LogP contribution in [0.3, 0.4) is 0 Å². The molecule has 0 radical (unpaired) electrons. The van der Waals surface area contributed by atoms with Crippen molar-refractivity contribution >= 4 is 11.6 Å². The highest BCUT2D eigenvalue weighted by molar-refractivity contribution is 5.98. The molecule has 0 bridgehead atoms. The molecule has 1 fully saturated rings. The van der Waals surface area contributed by atoms with E-state index in [2.05, 4.69) is 37.4 Å². The zero-order valence-corrected chi connectivity index (χ0v) is 12.4. The summed E-state index contributed by atoms with van der Waals surface area (Å²) in [5.41, 5.74) is 2.43. The molecule has 2 aliphatic rings. The van der Waals surface area contributed by atoms with E-state index in [4.69, 9.17) is 0 Å². The van der Waals surface area contributed by atoms with Gasteiger partial charge in [0.2, 0.25) is 5.91 Å². The molecule has 108 valence electrons. The quantitative estimate of drug-likeness (QED) is 0.852. The number of fused-ring (bicyclic) bond motifs is 1. The van der Waals surface area contributed by atoms with Crippen LogP contribution in [-0.2, 0) is 11.2 Å². The van der Waals surface area contributed by atoms with Crippen molar-refractivity contribution < 1.29 is 4.79 Å². The molecule has 0 saturated carbocycles. The maximum atomic E-state index is 12.9. The number of nitrogens with zero attached hydrogens (tertiary/aromatic N) is 1. The third kappa shape index (κ3) is 2.47. The Morgan fingerprint density at radius 3 is 2.85 bits per heavy atom. The molecule has 1 N–H and O–H groups in total. The molecule has 1 saturated heterocycles. The predicted octanol–water partition coefficient (Wildman–Crippen LogP) is 2.74. The Morgan fingerprint density at radius 2 is 2.05 bits per heavy atom. The smallest absolute Gasteiger partial charge is 0.244 e. The van der Waals surface area contributed by atoms with Crippen molar-refractivity contribution in [2.24, 2.45) is 5.92 Å². The molecule has 3 heteroatoms. The van der Waals surface area contributed by atoms with Crippen LogP contribution < -0.4 is 10.2 Å². The van der Waals surface area contributed by atoms with Gasteiger partial charge in [0.05, 0.1) is 6.04 Å². The number of nitrogens with one attached hydrogen (secondary N) is 1. The van der Waals surface area contributed by atoms with Gasteiger partial charge in [-0.25, -0.2) is 0 Å². The molecular formula is C17H24N2O. The van der Waals surface area contributed by atoms with Crippen LogP contribution in [0.1, 0.15) is 38.7 Å². The number of aryl methyl sites for hydroxylation is 1. The molecule has 1 aromatic rings. The van der Waals surface area contributed by atoms with Gasteiger partial charge in [0.1, 0.15) is 0 Å². The number of para-hydroxylation sites is 1. The lowest BCUT2D eigenvalue weighted by atomic mass is 9.91. The number of carbonyl (C=O) groups is 1. The average molecular weight is 272 g/mol. The summed E-state index contributed by atoms with van der Waals surface area (Å²) in [4.78, 5) is 15.0. The number of benzene rings is 1. The van der Waals surface area contributed by atoms with Gasteiger partial charge in [0.15, 0.2) is 0 Å². The van der Waals surface area contributed by atoms with Gasteiger partial charge in [-0.15, -0.1) is 0 Å². The number of piperidine rings is 1. The van der Waals surface area contributed by atoms with Crippen LogP contribution in [-0.4, -0.2) is 24.5 Å². The first-order chi connectivity index (χ1) is 9.66. The van der Waals surface area contributed by atoms with E-state index in [0.717, 1.165) is 31.5 Å². The van der Waals surface area contributed by atoms with Gasteiger partial charge in [-0.1, -0.05) is 25.1 Å². The van der Waals surface area contributed by atoms with Crippen molar-refractivity contribution in [2.45, 2.75) is 51.6 Å². The molecule has 3 unspecified atom stereocenters. The predicted molar refractivity (Wildman–Crippen MR) is 81.9 cm³/mol. The first-order valence-electron chi connectivity index (χ1n) is 7.81. The van der Waals surface area contributed by atoms with Gasteiger partial charge < -0.3 is 10.2 Å². The summed E-state index contributed by atoms with van der Waals surface area (Å²) in [5.74, 6) is 0.900. The van der Waals surface area contributed by atoms with Crippen LogP contribution in [0, 0.1) is 5.92 Å². The zero-order chi connectivity index (χ0) is 14.1. The number of hydrogen-bond donors (Lipinski definition) is 1. The molecule has 0 aliphatic carbocycles. The molecule has 1 amide bonds. The van der Waals surface area contributed by atoms with Crippen molar-refractivity contribution in [1.29, 1.82) is 0 Å². The zero-order valence-electron chi connectivity index (χ0n) is 12.4. The fraction of sp³-hybridized carbons (Fsp3) is 0.588. The number of hydrogen-bond acceptors (Lipinski definition) is 2. The first-order valence-corrected chi connectivity index (χ1v) is 7.81. The lowest BCUT2D eigenvalue weighted by Gasteiger charge is -2.39. The van der Waals surface area contributed by atoms with Crippen LogP contribution >= 0.6 is 0 Å². The highest BCUT2D eigenvalue weighted by atomic mass is 16.2. The molecule has 3 atom stereocenters. The van der Waals surface area contributed by atoms with Gasteiger partial charge in [0.25, 0.3) is 0 Å². The van der Waals surface area contributed by atoms with E-state index in [0.29, 0.717) is 12.0 Å². The minimum atomic E-state index is -0.00708. The van der Waals surface area contributed by atoms with Crippen molar-refractivity contribution in [2.75, 3.05) is 11.4 Å². The van der Waals surface area contributed by atoms with E-state index in [9.17, 15) is 4.79 Å². The summed E-state index contributed by atoms with van der Waals surface area (Å²) >= 11 is 0. The topological polar surface area (TPSA) is 32.3 Å². The molecule has 2 heterocycles. The summed E-state index contributed by atoms with van der Waals surface area (Å²) in [5, 5.41) is 3.41. The normalized spacial score (nSPS) is 29.9. The molecule has 2 aliphatic heterocycles. The highest BCUT2D eigenvalue weighted by Crippen LogP contribution is 2.32. The van der Waals surface area contributed by atoms with E-state index >= 15 is 0 Å². The van der Waals surface area contributed by atoms with Crippen molar-refractivity contribution in [3.8, 4) is 0 Å². The summed E-state index contributed by atoms with van der Waals surface area (Å²) in [6.45, 7) is 5.37. The minimum absolute atomic E-state index is 0.00708. The molecule has 0 aromatic heterocycles. The lowest BCUT2D eigenvalue weighted by molar-refractivity contribution is -0.122. The van der Waals surface area contributed by atoms with E-state index in [-0.39, 0.29) is 11.9 Å². The van der Waals surface area contributed by atoms with Crippen LogP contribution in [0.25, 0.3) is 0 Å². The molecule has 0 spiro atoms. The third-order valence-electron chi connectivity index (χ3n) is 4.72. The van der Waals surface area contributed by atoms with E-state index in [1.165, 1.54) is 12.0 Å². The average Bonchev–Trinajstić information content (AvgIpc) is 2.46. The van der Waals surface area contributed by atoms with Gasteiger partial charge >= 0.3 is 0 Å². The van der Waals surface area contributed by atoms with E-state index in [1.54, 1.807) is 0 Å². The monoisotopic (exact) mass is 272 g/mol. The second kappa shape index (κ2) is 5.57. The van der Waals surface area contributed by atoms with Gasteiger partial charge in [-0.05, 0) is 56.7 Å². The van der Waals surface area contributed by atoms with E-state index < -0.39 is 0 Å². The van der Waals surface area contributed by atoms with E-state index in [1.807, 2.05) is 11.0 Å². The minimum Gasteiger partial charge on any atom is -0.308 e. The van der Waals surface area contributed by atoms with Crippen molar-refractivity contribution in [3.05, 3.63) is 29.8 Å². The van der Waals surface area contributed by atoms with Crippen LogP contribution in [0.2, 0.25) is 0 Å². The second-order valence-electron chi connectivity index (χ2n) is 6.36. The number of amides is 1. The van der Waals surface area contributed by atoms with Crippen molar-refractivity contribution in [3.63, 3.8) is 0 Å². The number of carbonyl (C=O) groups excluding carboxylic acids is 1. The molecular weight excluding hydrogens is 248 g/mol. The first kappa shape index (κ1) is 13.6. The van der Waals surface area contributed by atoms with Gasteiger partial charge in [-0.2, -0.15) is 0 Å². The molecule has 3 rings (SSSR count). The SMILES string of the molecule is CC1CCNC(C(=O)N2c3ccccc3CCC2C)C1. The van der Waals surface area contributed by atoms with Crippen LogP contribution in [0.4, 0.5) is 5.69 Å². The largest absolute Gasteiger partial charge is 0.308 e. The Labute approximate surface area is 121 Å².